The third-order valence-corrected chi connectivity index (χ3v) is 5.10. The lowest BCUT2D eigenvalue weighted by Gasteiger charge is -2.10. The zero-order valence-electron chi connectivity index (χ0n) is 10.4. The van der Waals surface area contributed by atoms with Crippen LogP contribution in [-0.2, 0) is 14.6 Å². The second kappa shape index (κ2) is 4.36. The number of benzene rings is 1. The molecule has 1 unspecified atom stereocenters. The molecule has 0 saturated heterocycles. The Morgan fingerprint density at radius 1 is 1.42 bits per heavy atom. The first-order valence-corrected chi connectivity index (χ1v) is 6.92. The van der Waals surface area contributed by atoms with Crippen LogP contribution in [0.2, 0.25) is 0 Å². The first kappa shape index (κ1) is 13.6. The van der Waals surface area contributed by atoms with Gasteiger partial charge in [0.2, 0.25) is 9.84 Å². The number of hydrogen-bond donors (Lipinski definition) is 2. The molecule has 1 atom stereocenters. The highest BCUT2D eigenvalue weighted by Crippen LogP contribution is 2.44. The van der Waals surface area contributed by atoms with E-state index in [0.717, 1.165) is 0 Å². The Labute approximate surface area is 110 Å². The predicted molar refractivity (Wildman–Crippen MR) is 68.4 cm³/mol. The zero-order valence-corrected chi connectivity index (χ0v) is 11.2. The zero-order chi connectivity index (χ0) is 14.4. The molecule has 2 rings (SSSR count). The molecule has 1 aliphatic heterocycles. The molecule has 0 radical (unpaired) electrons. The predicted octanol–water partition coefficient (Wildman–Crippen LogP) is 0.625. The van der Waals surface area contributed by atoms with Gasteiger partial charge in [-0.15, -0.1) is 0 Å². The minimum absolute atomic E-state index is 0.0123. The third kappa shape index (κ3) is 1.82. The summed E-state index contributed by atoms with van der Waals surface area (Å²) in [4.78, 5) is 11.0. The van der Waals surface area contributed by atoms with Gasteiger partial charge in [0.25, 0.3) is 0 Å². The van der Waals surface area contributed by atoms with Gasteiger partial charge < -0.3 is 15.6 Å². The SMILES string of the molecule is COc1cccc2c1S(=O)(=O)C(C)=C2C(N)C(=O)O. The molecule has 0 spiro atoms. The summed E-state index contributed by atoms with van der Waals surface area (Å²) in [6, 6.07) is 3.26. The monoisotopic (exact) mass is 283 g/mol. The minimum atomic E-state index is -3.74. The van der Waals surface area contributed by atoms with Gasteiger partial charge in [-0.25, -0.2) is 8.42 Å². The number of hydrogen-bond acceptors (Lipinski definition) is 5. The largest absolute Gasteiger partial charge is 0.495 e. The van der Waals surface area contributed by atoms with Gasteiger partial charge in [-0.05, 0) is 13.0 Å². The minimum Gasteiger partial charge on any atom is -0.495 e. The second-order valence-corrected chi connectivity index (χ2v) is 6.15. The van der Waals surface area contributed by atoms with Crippen LogP contribution in [-0.4, -0.2) is 32.6 Å². The molecular weight excluding hydrogens is 270 g/mol. The maximum absolute atomic E-state index is 12.3. The molecule has 1 aromatic rings. The highest BCUT2D eigenvalue weighted by molar-refractivity contribution is 7.96. The van der Waals surface area contributed by atoms with Crippen molar-refractivity contribution in [1.82, 2.24) is 0 Å². The Bertz CT molecular complexity index is 690. The van der Waals surface area contributed by atoms with Gasteiger partial charge in [0.1, 0.15) is 16.7 Å². The number of carbonyl (C=O) groups is 1. The third-order valence-electron chi connectivity index (χ3n) is 3.12. The van der Waals surface area contributed by atoms with Crippen molar-refractivity contribution in [1.29, 1.82) is 0 Å². The summed E-state index contributed by atoms with van der Waals surface area (Å²) in [5.74, 6) is -1.09. The molecule has 1 aromatic carbocycles. The number of ether oxygens (including phenoxy) is 1. The maximum atomic E-state index is 12.3. The van der Waals surface area contributed by atoms with Crippen LogP contribution in [0, 0.1) is 0 Å². The summed E-state index contributed by atoms with van der Waals surface area (Å²) in [6.45, 7) is 1.35. The Balaban J connectivity index is 2.80. The number of rotatable bonds is 3. The van der Waals surface area contributed by atoms with E-state index in [0.29, 0.717) is 5.56 Å². The normalized spacial score (nSPS) is 18.1. The van der Waals surface area contributed by atoms with Crippen LogP contribution in [0.15, 0.2) is 28.0 Å². The summed E-state index contributed by atoms with van der Waals surface area (Å²) in [5, 5.41) is 9.00. The Morgan fingerprint density at radius 2 is 2.05 bits per heavy atom. The van der Waals surface area contributed by atoms with E-state index in [1.807, 2.05) is 0 Å². The Kier molecular flexibility index (Phi) is 3.11. The molecular formula is C12H13NO5S. The lowest BCUT2D eigenvalue weighted by Crippen LogP contribution is -2.31. The maximum Gasteiger partial charge on any atom is 0.325 e. The molecule has 3 N–H and O–H groups in total. The number of nitrogens with two attached hydrogens (primary N) is 1. The van der Waals surface area contributed by atoms with Crippen LogP contribution in [0.5, 0.6) is 5.75 Å². The van der Waals surface area contributed by atoms with Gasteiger partial charge in [-0.3, -0.25) is 4.79 Å². The first-order valence-electron chi connectivity index (χ1n) is 5.44. The van der Waals surface area contributed by atoms with Crippen LogP contribution in [0.3, 0.4) is 0 Å². The fraction of sp³-hybridized carbons (Fsp3) is 0.250. The van der Waals surface area contributed by atoms with Crippen molar-refractivity contribution in [3.63, 3.8) is 0 Å². The number of sulfone groups is 1. The van der Waals surface area contributed by atoms with E-state index in [9.17, 15) is 13.2 Å². The van der Waals surface area contributed by atoms with Gasteiger partial charge in [0.15, 0.2) is 0 Å². The van der Waals surface area contributed by atoms with Crippen LogP contribution < -0.4 is 10.5 Å². The van der Waals surface area contributed by atoms with Crippen molar-refractivity contribution >= 4 is 21.4 Å². The highest BCUT2D eigenvalue weighted by atomic mass is 32.2. The van der Waals surface area contributed by atoms with E-state index in [2.05, 4.69) is 0 Å². The molecule has 0 amide bonds. The highest BCUT2D eigenvalue weighted by Gasteiger charge is 2.39. The number of fused-ring (bicyclic) bond motifs is 1. The van der Waals surface area contributed by atoms with Crippen molar-refractivity contribution < 1.29 is 23.1 Å². The van der Waals surface area contributed by atoms with Crippen molar-refractivity contribution in [2.24, 2.45) is 5.73 Å². The standard InChI is InChI=1S/C12H13NO5S/c1-6-9(10(13)12(14)15)7-4-3-5-8(18-2)11(7)19(6,16)17/h3-5,10H,13H2,1-2H3,(H,14,15). The van der Waals surface area contributed by atoms with Crippen LogP contribution >= 0.6 is 0 Å². The quantitative estimate of drug-likeness (QED) is 0.842. The molecule has 0 bridgehead atoms. The fourth-order valence-electron chi connectivity index (χ4n) is 2.16. The van der Waals surface area contributed by atoms with Crippen molar-refractivity contribution in [2.45, 2.75) is 17.9 Å². The van der Waals surface area contributed by atoms with E-state index in [4.69, 9.17) is 15.6 Å². The second-order valence-electron chi connectivity index (χ2n) is 4.13. The fourth-order valence-corrected chi connectivity index (χ4v) is 3.88. The summed E-state index contributed by atoms with van der Waals surface area (Å²) in [6.07, 6.45) is 0. The molecule has 1 heterocycles. The van der Waals surface area contributed by atoms with Gasteiger partial charge in [0, 0.05) is 11.1 Å². The van der Waals surface area contributed by atoms with E-state index in [1.54, 1.807) is 6.07 Å². The van der Waals surface area contributed by atoms with Crippen molar-refractivity contribution in [3.8, 4) is 5.75 Å². The molecule has 7 heteroatoms. The Hall–Kier alpha value is -1.86. The van der Waals surface area contributed by atoms with Gasteiger partial charge in [-0.1, -0.05) is 12.1 Å². The van der Waals surface area contributed by atoms with E-state index >= 15 is 0 Å². The van der Waals surface area contributed by atoms with Gasteiger partial charge in [0.05, 0.1) is 12.0 Å². The molecule has 0 aliphatic carbocycles. The van der Waals surface area contributed by atoms with Crippen LogP contribution in [0.25, 0.3) is 5.57 Å². The number of allylic oxidation sites excluding steroid dienone is 1. The molecule has 6 nitrogen and oxygen atoms in total. The van der Waals surface area contributed by atoms with Gasteiger partial charge >= 0.3 is 5.97 Å². The van der Waals surface area contributed by atoms with Crippen LogP contribution in [0.4, 0.5) is 0 Å². The molecule has 1 aliphatic rings. The van der Waals surface area contributed by atoms with E-state index < -0.39 is 21.8 Å². The number of carboxylic acid groups (broad SMARTS) is 1. The lowest BCUT2D eigenvalue weighted by molar-refractivity contribution is -0.137. The van der Waals surface area contributed by atoms with E-state index in [-0.39, 0.29) is 21.1 Å². The first-order chi connectivity index (χ1) is 8.82. The van der Waals surface area contributed by atoms with Crippen molar-refractivity contribution in [2.75, 3.05) is 7.11 Å². The van der Waals surface area contributed by atoms with Crippen molar-refractivity contribution in [3.05, 3.63) is 28.7 Å². The lowest BCUT2D eigenvalue weighted by atomic mass is 9.99. The molecule has 0 saturated carbocycles. The molecule has 0 aromatic heterocycles. The topological polar surface area (TPSA) is 107 Å². The summed E-state index contributed by atoms with van der Waals surface area (Å²) in [5.41, 5.74) is 5.99. The van der Waals surface area contributed by atoms with Gasteiger partial charge in [-0.2, -0.15) is 0 Å². The number of aliphatic carboxylic acids is 1. The number of methoxy groups -OCH3 is 1. The van der Waals surface area contributed by atoms with Crippen LogP contribution in [0.1, 0.15) is 12.5 Å². The summed E-state index contributed by atoms with van der Waals surface area (Å²) in [7, 11) is -2.39. The Morgan fingerprint density at radius 3 is 2.58 bits per heavy atom. The summed E-state index contributed by atoms with van der Waals surface area (Å²) < 4.78 is 29.7. The number of carboxylic acids is 1. The average molecular weight is 283 g/mol. The summed E-state index contributed by atoms with van der Waals surface area (Å²) >= 11 is 0. The smallest absolute Gasteiger partial charge is 0.325 e. The molecule has 0 fully saturated rings. The van der Waals surface area contributed by atoms with E-state index in [1.165, 1.54) is 26.2 Å². The average Bonchev–Trinajstić information content (AvgIpc) is 2.57. The molecule has 19 heavy (non-hydrogen) atoms. The molecule has 102 valence electrons.